The van der Waals surface area contributed by atoms with E-state index in [1.165, 1.54) is 12.2 Å². The molecule has 1 fully saturated rings. The maximum Gasteiger partial charge on any atom is 0.335 e. The highest BCUT2D eigenvalue weighted by molar-refractivity contribution is 14.1. The van der Waals surface area contributed by atoms with Gasteiger partial charge in [-0.25, -0.2) is 4.79 Å². The molecule has 0 atom stereocenters. The first-order chi connectivity index (χ1) is 28.5. The zero-order valence-corrected chi connectivity index (χ0v) is 35.5. The van der Waals surface area contributed by atoms with Crippen molar-refractivity contribution >= 4 is 79.9 Å². The number of nitrogens with zero attached hydrogens (tertiary/aromatic N) is 14. The van der Waals surface area contributed by atoms with E-state index in [-0.39, 0.29) is 89.0 Å². The Labute approximate surface area is 358 Å². The molecule has 6 amide bonds. The molecular formula is C29H44BrIN16O12. The lowest BCUT2D eigenvalue weighted by molar-refractivity contribution is -0.198. The summed E-state index contributed by atoms with van der Waals surface area (Å²) < 4.78 is 20.6. The molecule has 0 aromatic carbocycles. The largest absolute Gasteiger partial charge is 0.381 e. The Morgan fingerprint density at radius 1 is 0.661 bits per heavy atom. The molecule has 0 bridgehead atoms. The van der Waals surface area contributed by atoms with Crippen LogP contribution in [0, 0.1) is 0 Å². The second-order valence-corrected chi connectivity index (χ2v) is 11.5. The maximum absolute atomic E-state index is 11.2. The van der Waals surface area contributed by atoms with E-state index in [2.05, 4.69) is 71.5 Å². The fourth-order valence-electron chi connectivity index (χ4n) is 3.40. The monoisotopic (exact) mass is 1010 g/mol. The normalized spacial score (nSPS) is 12.1. The van der Waals surface area contributed by atoms with Crippen LogP contribution in [-0.2, 0) is 57.3 Å². The number of amides is 6. The van der Waals surface area contributed by atoms with Crippen LogP contribution in [0.15, 0.2) is 32.6 Å². The predicted octanol–water partition coefficient (Wildman–Crippen LogP) is 2.24. The highest BCUT2D eigenvalue weighted by atomic mass is 127. The minimum absolute atomic E-state index is 0.000698. The number of nitrogens with one attached hydrogen (secondary N) is 2. The average Bonchev–Trinajstić information content (AvgIpc) is 3.73. The van der Waals surface area contributed by atoms with E-state index in [0.717, 1.165) is 4.90 Å². The van der Waals surface area contributed by atoms with Crippen LogP contribution in [0.1, 0.15) is 19.3 Å². The molecule has 0 saturated carbocycles. The molecule has 30 heteroatoms. The van der Waals surface area contributed by atoms with Crippen LogP contribution in [-0.4, -0.2) is 160 Å². The number of halogens is 2. The molecular weight excluding hydrogens is 971 g/mol. The Hall–Kier alpha value is -5.28. The average molecular weight is 1020 g/mol. The molecule has 0 aliphatic carbocycles. The van der Waals surface area contributed by atoms with Gasteiger partial charge in [0.2, 0.25) is 11.8 Å². The highest BCUT2D eigenvalue weighted by Crippen LogP contribution is 2.12. The molecule has 0 aromatic heterocycles. The van der Waals surface area contributed by atoms with Gasteiger partial charge in [0.1, 0.15) is 0 Å². The standard InChI is InChI=1S/C9H12N4O5.C8H10N4O3.C6H11BrN4O2.C6H11IN4O2/c10-12-11-4-6-17-5-3-9(16)18-13-7(14)1-2-8(13)15;9-11-10-3-5-15-6-4-12-7(13)1-2-8(12)14;2*7-5-6(12)9-1-3-13-4-2-10-11-8/h1-6H2;1-2H,3-6H2;2*1-5H2,(H,9,12). The van der Waals surface area contributed by atoms with Crippen molar-refractivity contribution in [1.29, 1.82) is 0 Å². The van der Waals surface area contributed by atoms with Crippen LogP contribution in [0.3, 0.4) is 0 Å². The van der Waals surface area contributed by atoms with Gasteiger partial charge in [0, 0.05) is 83.9 Å². The first-order valence-electron chi connectivity index (χ1n) is 17.1. The molecule has 2 heterocycles. The summed E-state index contributed by atoms with van der Waals surface area (Å²) >= 11 is 4.99. The number of ether oxygens (including phenoxy) is 4. The van der Waals surface area contributed by atoms with Crippen molar-refractivity contribution in [2.24, 2.45) is 20.5 Å². The summed E-state index contributed by atoms with van der Waals surface area (Å²) in [5, 5.41) is 19.1. The SMILES string of the molecule is [N-]=[N+]=NCCOCCC(=O)ON1C(=O)CCC1=O.[N-]=[N+]=NCCOCCN1C(=O)C=CC1=O.[N-]=[N+]=NCCOCCNC(=O)CBr.[N-]=[N+]=NCCOCCNC(=O)CI. The van der Waals surface area contributed by atoms with Gasteiger partial charge in [-0.05, 0) is 22.1 Å². The van der Waals surface area contributed by atoms with E-state index >= 15 is 0 Å². The minimum atomic E-state index is -0.720. The van der Waals surface area contributed by atoms with Crippen molar-refractivity contribution < 1.29 is 57.3 Å². The summed E-state index contributed by atoms with van der Waals surface area (Å²) in [5.41, 5.74) is 31.8. The van der Waals surface area contributed by atoms with Gasteiger partial charge in [-0.2, -0.15) is 0 Å². The van der Waals surface area contributed by atoms with Gasteiger partial charge in [0.05, 0.1) is 75.6 Å². The summed E-state index contributed by atoms with van der Waals surface area (Å²) in [6, 6.07) is 0. The number of alkyl halides is 2. The van der Waals surface area contributed by atoms with Crippen LogP contribution in [0.5, 0.6) is 0 Å². The molecule has 0 aromatic rings. The fourth-order valence-corrected chi connectivity index (χ4v) is 3.86. The molecule has 0 radical (unpaired) electrons. The third-order valence-corrected chi connectivity index (χ3v) is 7.19. The first kappa shape index (κ1) is 55.8. The molecule has 28 nitrogen and oxygen atoms in total. The molecule has 1 saturated heterocycles. The van der Waals surface area contributed by atoms with Crippen LogP contribution in [0.4, 0.5) is 0 Å². The van der Waals surface area contributed by atoms with Crippen molar-refractivity contribution in [2.75, 3.05) is 108 Å². The van der Waals surface area contributed by atoms with Gasteiger partial charge in [-0.1, -0.05) is 59.0 Å². The number of hydroxylamine groups is 2. The van der Waals surface area contributed by atoms with Crippen molar-refractivity contribution in [1.82, 2.24) is 20.6 Å². The van der Waals surface area contributed by atoms with Crippen molar-refractivity contribution in [2.45, 2.75) is 19.3 Å². The summed E-state index contributed by atoms with van der Waals surface area (Å²) in [6.45, 7) is 4.72. The van der Waals surface area contributed by atoms with E-state index in [4.69, 9.17) is 41.1 Å². The highest BCUT2D eigenvalue weighted by Gasteiger charge is 2.32. The third-order valence-electron chi connectivity index (χ3n) is 5.98. The molecule has 2 aliphatic heterocycles. The number of imide groups is 2. The lowest BCUT2D eigenvalue weighted by Crippen LogP contribution is -2.33. The van der Waals surface area contributed by atoms with E-state index in [1.807, 2.05) is 22.6 Å². The Bertz CT molecular complexity index is 1480. The summed E-state index contributed by atoms with van der Waals surface area (Å²) in [6.07, 6.45) is 2.49. The van der Waals surface area contributed by atoms with Crippen molar-refractivity contribution in [3.05, 3.63) is 53.9 Å². The van der Waals surface area contributed by atoms with E-state index < -0.39 is 17.8 Å². The van der Waals surface area contributed by atoms with E-state index in [1.54, 1.807) is 0 Å². The van der Waals surface area contributed by atoms with Crippen molar-refractivity contribution in [3.63, 3.8) is 0 Å². The van der Waals surface area contributed by atoms with Crippen LogP contribution in [0.25, 0.3) is 41.8 Å². The Morgan fingerprint density at radius 3 is 1.47 bits per heavy atom. The molecule has 2 aliphatic rings. The molecule has 2 N–H and O–H groups in total. The number of carbonyl (C=O) groups is 7. The smallest absolute Gasteiger partial charge is 0.335 e. The van der Waals surface area contributed by atoms with Gasteiger partial charge in [-0.15, -0.1) is 5.06 Å². The summed E-state index contributed by atoms with van der Waals surface area (Å²) in [4.78, 5) is 92.9. The number of carbonyl (C=O) groups excluding carboxylic acids is 7. The van der Waals surface area contributed by atoms with Gasteiger partial charge < -0.3 is 34.4 Å². The molecule has 326 valence electrons. The maximum atomic E-state index is 11.2. The number of azide groups is 4. The van der Waals surface area contributed by atoms with Gasteiger partial charge in [-0.3, -0.25) is 33.7 Å². The lowest BCUT2D eigenvalue weighted by atomic mass is 10.4. The quantitative estimate of drug-likeness (QED) is 0.0228. The van der Waals surface area contributed by atoms with Gasteiger partial charge in [0.25, 0.3) is 23.6 Å². The van der Waals surface area contributed by atoms with Crippen LogP contribution >= 0.6 is 38.5 Å². The Balaban J connectivity index is 0. The summed E-state index contributed by atoms with van der Waals surface area (Å²) in [7, 11) is 0. The lowest BCUT2D eigenvalue weighted by Gasteiger charge is -2.12. The van der Waals surface area contributed by atoms with E-state index in [9.17, 15) is 33.6 Å². The van der Waals surface area contributed by atoms with Gasteiger partial charge >= 0.3 is 5.97 Å². The number of rotatable bonds is 27. The topological polar surface area (TPSA) is 391 Å². The summed E-state index contributed by atoms with van der Waals surface area (Å²) in [5.74, 6) is -2.46. The molecule has 2 rings (SSSR count). The zero-order valence-electron chi connectivity index (χ0n) is 31.7. The fraction of sp³-hybridized carbons (Fsp3) is 0.690. The molecule has 59 heavy (non-hydrogen) atoms. The first-order valence-corrected chi connectivity index (χ1v) is 19.8. The minimum Gasteiger partial charge on any atom is -0.381 e. The second-order valence-electron chi connectivity index (χ2n) is 10.2. The van der Waals surface area contributed by atoms with Crippen molar-refractivity contribution in [3.8, 4) is 0 Å². The third kappa shape index (κ3) is 34.5. The number of hydrogen-bond donors (Lipinski definition) is 2. The van der Waals surface area contributed by atoms with E-state index in [0.29, 0.717) is 67.4 Å². The van der Waals surface area contributed by atoms with Crippen LogP contribution < -0.4 is 10.6 Å². The molecule has 0 unspecified atom stereocenters. The number of hydrogen-bond acceptors (Lipinski definition) is 16. The van der Waals surface area contributed by atoms with Crippen LogP contribution in [0.2, 0.25) is 0 Å². The zero-order chi connectivity index (χ0) is 44.4. The Morgan fingerprint density at radius 2 is 1.07 bits per heavy atom. The predicted molar refractivity (Wildman–Crippen MR) is 216 cm³/mol. The molecule has 0 spiro atoms. The van der Waals surface area contributed by atoms with Gasteiger partial charge in [0.15, 0.2) is 0 Å². The Kier molecular flexibility index (Phi) is 38.7. The second kappa shape index (κ2) is 40.9.